The first-order chi connectivity index (χ1) is 17.1. The summed E-state index contributed by atoms with van der Waals surface area (Å²) < 4.78 is 11.3. The van der Waals surface area contributed by atoms with E-state index in [0.717, 1.165) is 21.9 Å². The van der Waals surface area contributed by atoms with Crippen molar-refractivity contribution in [2.24, 2.45) is 10.7 Å². The zero-order valence-corrected chi connectivity index (χ0v) is 20.0. The Morgan fingerprint density at radius 3 is 2.60 bits per heavy atom. The smallest absolute Gasteiger partial charge is 0.338 e. The zero-order chi connectivity index (χ0) is 24.5. The van der Waals surface area contributed by atoms with E-state index < -0.39 is 12.0 Å². The van der Waals surface area contributed by atoms with Gasteiger partial charge in [0.2, 0.25) is 0 Å². The van der Waals surface area contributed by atoms with Crippen molar-refractivity contribution >= 4 is 39.4 Å². The molecule has 0 bridgehead atoms. The number of esters is 1. The first kappa shape index (κ1) is 22.6. The maximum absolute atomic E-state index is 13.6. The summed E-state index contributed by atoms with van der Waals surface area (Å²) in [7, 11) is 1.59. The number of carbonyl (C=O) groups is 1. The molecule has 0 saturated heterocycles. The minimum Gasteiger partial charge on any atom is -0.496 e. The standard InChI is InChI=1S/C27H22N4O3S/c1-3-34-26(32)22-23(17-10-5-4-6-11-17)30-27-31(25(29)20(15-28)35-27)24(22)21-18-12-8-7-9-16(18)13-14-19(21)33-2/h4-14,24H,3,29H2,1-2H3/t24-/m1/s1. The van der Waals surface area contributed by atoms with Gasteiger partial charge in [-0.25, -0.2) is 9.79 Å². The molecular weight excluding hydrogens is 460 g/mol. The molecule has 0 spiro atoms. The van der Waals surface area contributed by atoms with Crippen LogP contribution in [0, 0.1) is 11.3 Å². The second kappa shape index (κ2) is 9.20. The molecule has 7 nitrogen and oxygen atoms in total. The van der Waals surface area contributed by atoms with Gasteiger partial charge in [-0.15, -0.1) is 0 Å². The van der Waals surface area contributed by atoms with E-state index in [1.54, 1.807) is 18.9 Å². The van der Waals surface area contributed by atoms with Gasteiger partial charge in [-0.05, 0) is 35.5 Å². The lowest BCUT2D eigenvalue weighted by Crippen LogP contribution is -2.39. The van der Waals surface area contributed by atoms with Crippen LogP contribution in [0.5, 0.6) is 5.75 Å². The van der Waals surface area contributed by atoms with E-state index in [0.29, 0.717) is 27.1 Å². The normalized spacial score (nSPS) is 17.2. The maximum atomic E-state index is 13.6. The second-order valence-electron chi connectivity index (χ2n) is 7.85. The summed E-state index contributed by atoms with van der Waals surface area (Å²) >= 11 is 1.19. The van der Waals surface area contributed by atoms with Crippen LogP contribution < -0.4 is 10.5 Å². The van der Waals surface area contributed by atoms with Gasteiger partial charge >= 0.3 is 5.97 Å². The van der Waals surface area contributed by atoms with Gasteiger partial charge in [-0.2, -0.15) is 5.26 Å². The van der Waals surface area contributed by atoms with Gasteiger partial charge in [-0.3, -0.25) is 4.90 Å². The van der Waals surface area contributed by atoms with E-state index in [1.807, 2.05) is 66.7 Å². The Balaban J connectivity index is 1.89. The molecule has 35 heavy (non-hydrogen) atoms. The number of ether oxygens (including phenoxy) is 2. The van der Waals surface area contributed by atoms with E-state index in [4.69, 9.17) is 20.2 Å². The van der Waals surface area contributed by atoms with E-state index in [2.05, 4.69) is 6.07 Å². The third-order valence-corrected chi connectivity index (χ3v) is 6.93. The third kappa shape index (κ3) is 3.70. The average molecular weight is 483 g/mol. The summed E-state index contributed by atoms with van der Waals surface area (Å²) in [6, 6.07) is 22.6. The molecule has 5 rings (SSSR count). The van der Waals surface area contributed by atoms with Gasteiger partial charge in [-0.1, -0.05) is 60.7 Å². The van der Waals surface area contributed by atoms with Crippen LogP contribution >= 0.6 is 11.8 Å². The minimum atomic E-state index is -0.726. The average Bonchev–Trinajstić information content (AvgIpc) is 3.22. The SMILES string of the molecule is CCOC(=O)C1=C(c2ccccc2)N=C2SC(C#N)=C(N)N2[C@@H]1c1c(OC)ccc2ccccc12. The number of allylic oxidation sites excluding steroid dienone is 1. The molecule has 0 aromatic heterocycles. The van der Waals surface area contributed by atoms with Crippen molar-refractivity contribution in [3.8, 4) is 11.8 Å². The molecule has 0 radical (unpaired) electrons. The number of nitrogens with zero attached hydrogens (tertiary/aromatic N) is 3. The summed E-state index contributed by atoms with van der Waals surface area (Å²) in [5.74, 6) is 0.329. The highest BCUT2D eigenvalue weighted by Crippen LogP contribution is 2.50. The quantitative estimate of drug-likeness (QED) is 0.514. The number of nitrogens with two attached hydrogens (primary N) is 1. The number of nitriles is 1. The molecule has 2 heterocycles. The van der Waals surface area contributed by atoms with E-state index in [1.165, 1.54) is 11.8 Å². The van der Waals surface area contributed by atoms with E-state index in [-0.39, 0.29) is 12.4 Å². The first-order valence-corrected chi connectivity index (χ1v) is 11.9. The fourth-order valence-corrected chi connectivity index (χ4v) is 5.34. The molecule has 2 aliphatic rings. The predicted molar refractivity (Wildman–Crippen MR) is 137 cm³/mol. The summed E-state index contributed by atoms with van der Waals surface area (Å²) in [6.45, 7) is 1.96. The van der Waals surface area contributed by atoms with Crippen molar-refractivity contribution in [2.45, 2.75) is 13.0 Å². The molecule has 3 aromatic rings. The van der Waals surface area contributed by atoms with Gasteiger partial charge in [0.25, 0.3) is 0 Å². The number of hydrogen-bond acceptors (Lipinski definition) is 8. The van der Waals surface area contributed by atoms with Crippen LogP contribution in [0.2, 0.25) is 0 Å². The molecule has 0 aliphatic carbocycles. The maximum Gasteiger partial charge on any atom is 0.338 e. The molecule has 0 amide bonds. The first-order valence-electron chi connectivity index (χ1n) is 11.1. The molecule has 174 valence electrons. The molecule has 0 saturated carbocycles. The van der Waals surface area contributed by atoms with Crippen LogP contribution in [0.4, 0.5) is 0 Å². The number of fused-ring (bicyclic) bond motifs is 2. The Labute approximate surface area is 207 Å². The van der Waals surface area contributed by atoms with E-state index >= 15 is 0 Å². The molecule has 8 heteroatoms. The lowest BCUT2D eigenvalue weighted by Gasteiger charge is -2.36. The van der Waals surface area contributed by atoms with Crippen LogP contribution in [0.15, 0.2) is 88.0 Å². The van der Waals surface area contributed by atoms with Crippen molar-refractivity contribution in [1.29, 1.82) is 5.26 Å². The van der Waals surface area contributed by atoms with Crippen LogP contribution in [0.3, 0.4) is 0 Å². The van der Waals surface area contributed by atoms with Gasteiger partial charge in [0.15, 0.2) is 5.17 Å². The molecule has 2 N–H and O–H groups in total. The molecular formula is C27H22N4O3S. The second-order valence-corrected chi connectivity index (χ2v) is 8.82. The Hall–Kier alpha value is -4.22. The zero-order valence-electron chi connectivity index (χ0n) is 19.2. The third-order valence-electron chi connectivity index (χ3n) is 5.95. The van der Waals surface area contributed by atoms with Crippen molar-refractivity contribution < 1.29 is 14.3 Å². The van der Waals surface area contributed by atoms with Gasteiger partial charge < -0.3 is 15.2 Å². The number of methoxy groups -OCH3 is 1. The highest BCUT2D eigenvalue weighted by atomic mass is 32.2. The van der Waals surface area contributed by atoms with Crippen molar-refractivity contribution in [1.82, 2.24) is 4.90 Å². The van der Waals surface area contributed by atoms with Gasteiger partial charge in [0, 0.05) is 11.1 Å². The lowest BCUT2D eigenvalue weighted by atomic mass is 9.88. The Bertz CT molecular complexity index is 1470. The van der Waals surface area contributed by atoms with Crippen molar-refractivity contribution in [3.63, 3.8) is 0 Å². The van der Waals surface area contributed by atoms with Crippen LogP contribution in [-0.4, -0.2) is 29.8 Å². The predicted octanol–water partition coefficient (Wildman–Crippen LogP) is 4.93. The van der Waals surface area contributed by atoms with Crippen LogP contribution in [-0.2, 0) is 9.53 Å². The molecule has 0 fully saturated rings. The Kier molecular flexibility index (Phi) is 5.93. The minimum absolute atomic E-state index is 0.198. The number of rotatable bonds is 5. The number of aliphatic imine (C=N–C) groups is 1. The summed E-state index contributed by atoms with van der Waals surface area (Å²) in [5, 5.41) is 12.1. The summed E-state index contributed by atoms with van der Waals surface area (Å²) in [4.78, 5) is 20.5. The monoisotopic (exact) mass is 482 g/mol. The Morgan fingerprint density at radius 2 is 1.89 bits per heavy atom. The number of amidine groups is 1. The highest BCUT2D eigenvalue weighted by molar-refractivity contribution is 8.17. The van der Waals surface area contributed by atoms with E-state index in [9.17, 15) is 10.1 Å². The van der Waals surface area contributed by atoms with Crippen molar-refractivity contribution in [3.05, 3.63) is 94.2 Å². The molecule has 0 unspecified atom stereocenters. The number of hydrogen-bond donors (Lipinski definition) is 1. The van der Waals surface area contributed by atoms with Crippen LogP contribution in [0.25, 0.3) is 16.5 Å². The molecule has 2 aliphatic heterocycles. The number of carbonyl (C=O) groups excluding carboxylic acids is 1. The van der Waals surface area contributed by atoms with Gasteiger partial charge in [0.1, 0.15) is 28.6 Å². The largest absolute Gasteiger partial charge is 0.496 e. The summed E-state index contributed by atoms with van der Waals surface area (Å²) in [6.07, 6.45) is 0. The molecule has 1 atom stereocenters. The Morgan fingerprint density at radius 1 is 1.14 bits per heavy atom. The van der Waals surface area contributed by atoms with Crippen molar-refractivity contribution in [2.75, 3.05) is 13.7 Å². The lowest BCUT2D eigenvalue weighted by molar-refractivity contribution is -0.139. The highest BCUT2D eigenvalue weighted by Gasteiger charge is 2.45. The van der Waals surface area contributed by atoms with Crippen LogP contribution in [0.1, 0.15) is 24.1 Å². The van der Waals surface area contributed by atoms with Gasteiger partial charge in [0.05, 0.1) is 25.0 Å². The fourth-order valence-electron chi connectivity index (χ4n) is 4.47. The summed E-state index contributed by atoms with van der Waals surface area (Å²) in [5.41, 5.74) is 8.82. The number of benzene rings is 3. The number of thioether (sulfide) groups is 1. The topological polar surface area (TPSA) is 101 Å². The fraction of sp³-hybridized carbons (Fsp3) is 0.148. The molecule has 3 aromatic carbocycles.